The van der Waals surface area contributed by atoms with E-state index in [1.165, 1.54) is 0 Å². The molecule has 1 N–H and O–H groups in total. The highest BCUT2D eigenvalue weighted by Gasteiger charge is 2.12. The molecule has 0 unspecified atom stereocenters. The van der Waals surface area contributed by atoms with Crippen LogP contribution in [0.3, 0.4) is 0 Å². The third-order valence-corrected chi connectivity index (χ3v) is 1.57. The third-order valence-electron chi connectivity index (χ3n) is 1.01. The summed E-state index contributed by atoms with van der Waals surface area (Å²) in [6, 6.07) is 0. The van der Waals surface area contributed by atoms with E-state index in [0.717, 1.165) is 11.8 Å². The Balaban J connectivity index is 3.44. The summed E-state index contributed by atoms with van der Waals surface area (Å²) in [5.41, 5.74) is 2.08. The summed E-state index contributed by atoms with van der Waals surface area (Å²) in [5.74, 6) is -0.0654. The second-order valence-electron chi connectivity index (χ2n) is 3.53. The van der Waals surface area contributed by atoms with E-state index in [1.807, 2.05) is 20.8 Å². The summed E-state index contributed by atoms with van der Waals surface area (Å²) in [5, 5.41) is 0.843. The van der Waals surface area contributed by atoms with Crippen molar-refractivity contribution in [2.24, 2.45) is 0 Å². The molecule has 3 nitrogen and oxygen atoms in total. The molecular formula is C8H16BrNO2. The molecule has 0 spiro atoms. The maximum Gasteiger partial charge on any atom is 0.243 e. The van der Waals surface area contributed by atoms with Crippen LogP contribution in [0.5, 0.6) is 0 Å². The van der Waals surface area contributed by atoms with Crippen LogP contribution < -0.4 is 5.48 Å². The Hall–Kier alpha value is -0.0900. The number of hydrogen-bond acceptors (Lipinski definition) is 2. The molecule has 0 radical (unpaired) electrons. The van der Waals surface area contributed by atoms with Crippen molar-refractivity contribution in [3.05, 3.63) is 0 Å². The van der Waals surface area contributed by atoms with Crippen molar-refractivity contribution in [2.75, 3.05) is 5.33 Å². The molecule has 0 aliphatic heterocycles. The molecule has 1 amide bonds. The van der Waals surface area contributed by atoms with Crippen molar-refractivity contribution < 1.29 is 9.63 Å². The first-order valence-electron chi connectivity index (χ1n) is 3.98. The molecule has 72 valence electrons. The van der Waals surface area contributed by atoms with Gasteiger partial charge in [-0.1, -0.05) is 15.9 Å². The van der Waals surface area contributed by atoms with Crippen molar-refractivity contribution in [1.29, 1.82) is 0 Å². The molecule has 0 aromatic heterocycles. The number of hydrogen-bond donors (Lipinski definition) is 1. The Morgan fingerprint density at radius 3 is 2.50 bits per heavy atom. The van der Waals surface area contributed by atoms with Crippen LogP contribution in [0.1, 0.15) is 33.6 Å². The van der Waals surface area contributed by atoms with Gasteiger partial charge in [0.15, 0.2) is 0 Å². The number of amides is 1. The summed E-state index contributed by atoms with van der Waals surface area (Å²) in [6.45, 7) is 5.66. The van der Waals surface area contributed by atoms with Crippen molar-refractivity contribution in [3.8, 4) is 0 Å². The molecule has 0 saturated heterocycles. The zero-order valence-corrected chi connectivity index (χ0v) is 9.40. The molecule has 0 aromatic rings. The molecule has 0 aromatic carbocycles. The van der Waals surface area contributed by atoms with Gasteiger partial charge in [0.2, 0.25) is 5.91 Å². The van der Waals surface area contributed by atoms with Crippen molar-refractivity contribution >= 4 is 21.8 Å². The van der Waals surface area contributed by atoms with Crippen LogP contribution in [0.2, 0.25) is 0 Å². The zero-order chi connectivity index (χ0) is 9.61. The normalized spacial score (nSPS) is 11.3. The van der Waals surface area contributed by atoms with E-state index in [4.69, 9.17) is 4.84 Å². The lowest BCUT2D eigenvalue weighted by Crippen LogP contribution is -2.33. The standard InChI is InChI=1S/C8H16BrNO2/c1-8(2,3)12-10-7(11)5-4-6-9/h4-6H2,1-3H3,(H,10,11). The number of rotatable bonds is 4. The van der Waals surface area contributed by atoms with Crippen LogP contribution in [-0.2, 0) is 9.63 Å². The summed E-state index contributed by atoms with van der Waals surface area (Å²) < 4.78 is 0. The number of carbonyl (C=O) groups excluding carboxylic acids is 1. The predicted octanol–water partition coefficient (Wildman–Crippen LogP) is 2.01. The molecule has 0 aliphatic rings. The molecule has 4 heteroatoms. The molecule has 0 saturated carbocycles. The van der Waals surface area contributed by atoms with E-state index < -0.39 is 0 Å². The van der Waals surface area contributed by atoms with Gasteiger partial charge in [-0.3, -0.25) is 9.63 Å². The average Bonchev–Trinajstić information content (AvgIpc) is 1.95. The zero-order valence-electron chi connectivity index (χ0n) is 7.82. The lowest BCUT2D eigenvalue weighted by atomic mass is 10.2. The van der Waals surface area contributed by atoms with E-state index in [2.05, 4.69) is 21.4 Å². The Kier molecular flexibility index (Phi) is 5.50. The SMILES string of the molecule is CC(C)(C)ONC(=O)CCCBr. The first-order valence-corrected chi connectivity index (χ1v) is 5.10. The van der Waals surface area contributed by atoms with Crippen LogP contribution in [0.25, 0.3) is 0 Å². The highest BCUT2D eigenvalue weighted by atomic mass is 79.9. The monoisotopic (exact) mass is 237 g/mol. The lowest BCUT2D eigenvalue weighted by Gasteiger charge is -2.18. The summed E-state index contributed by atoms with van der Waals surface area (Å²) in [7, 11) is 0. The van der Waals surface area contributed by atoms with E-state index in [0.29, 0.717) is 6.42 Å². The van der Waals surface area contributed by atoms with Gasteiger partial charge in [0, 0.05) is 11.8 Å². The Morgan fingerprint density at radius 1 is 1.50 bits per heavy atom. The van der Waals surface area contributed by atoms with Crippen LogP contribution in [0, 0.1) is 0 Å². The van der Waals surface area contributed by atoms with Gasteiger partial charge in [-0.15, -0.1) is 0 Å². The first kappa shape index (κ1) is 11.9. The van der Waals surface area contributed by atoms with Crippen molar-refractivity contribution in [3.63, 3.8) is 0 Å². The van der Waals surface area contributed by atoms with Gasteiger partial charge < -0.3 is 0 Å². The van der Waals surface area contributed by atoms with Crippen LogP contribution in [0.15, 0.2) is 0 Å². The largest absolute Gasteiger partial charge is 0.273 e. The van der Waals surface area contributed by atoms with Crippen LogP contribution in [-0.4, -0.2) is 16.8 Å². The van der Waals surface area contributed by atoms with Crippen LogP contribution >= 0.6 is 15.9 Å². The van der Waals surface area contributed by atoms with Crippen LogP contribution in [0.4, 0.5) is 0 Å². The summed E-state index contributed by atoms with van der Waals surface area (Å²) in [6.07, 6.45) is 1.33. The minimum absolute atomic E-state index is 0.0654. The van der Waals surface area contributed by atoms with Gasteiger partial charge in [-0.2, -0.15) is 0 Å². The molecule has 12 heavy (non-hydrogen) atoms. The quantitative estimate of drug-likeness (QED) is 0.601. The van der Waals surface area contributed by atoms with Crippen molar-refractivity contribution in [1.82, 2.24) is 5.48 Å². The molecule has 0 bridgehead atoms. The number of nitrogens with one attached hydrogen (secondary N) is 1. The molecule has 0 aliphatic carbocycles. The van der Waals surface area contributed by atoms with E-state index in [-0.39, 0.29) is 11.5 Å². The van der Waals surface area contributed by atoms with Gasteiger partial charge in [-0.25, -0.2) is 5.48 Å². The fourth-order valence-corrected chi connectivity index (χ4v) is 0.769. The number of carbonyl (C=O) groups is 1. The lowest BCUT2D eigenvalue weighted by molar-refractivity contribution is -0.145. The number of alkyl halides is 1. The number of halogens is 1. The smallest absolute Gasteiger partial charge is 0.243 e. The third kappa shape index (κ3) is 8.01. The molecule has 0 atom stereocenters. The van der Waals surface area contributed by atoms with Gasteiger partial charge in [-0.05, 0) is 27.2 Å². The molecule has 0 heterocycles. The second kappa shape index (κ2) is 5.54. The minimum Gasteiger partial charge on any atom is -0.273 e. The molecule has 0 rings (SSSR count). The second-order valence-corrected chi connectivity index (χ2v) is 4.33. The Morgan fingerprint density at radius 2 is 2.08 bits per heavy atom. The topological polar surface area (TPSA) is 38.3 Å². The molecule has 0 fully saturated rings. The van der Waals surface area contributed by atoms with E-state index in [1.54, 1.807) is 0 Å². The van der Waals surface area contributed by atoms with Gasteiger partial charge in [0.1, 0.15) is 0 Å². The summed E-state index contributed by atoms with van der Waals surface area (Å²) in [4.78, 5) is 16.1. The average molecular weight is 238 g/mol. The molecular weight excluding hydrogens is 222 g/mol. The fourth-order valence-electron chi connectivity index (χ4n) is 0.488. The minimum atomic E-state index is -0.315. The highest BCUT2D eigenvalue weighted by molar-refractivity contribution is 9.09. The van der Waals surface area contributed by atoms with Crippen molar-refractivity contribution in [2.45, 2.75) is 39.2 Å². The van der Waals surface area contributed by atoms with Gasteiger partial charge in [0.25, 0.3) is 0 Å². The maximum absolute atomic E-state index is 11.0. The van der Waals surface area contributed by atoms with Gasteiger partial charge in [0.05, 0.1) is 5.60 Å². The predicted molar refractivity (Wildman–Crippen MR) is 52.0 cm³/mol. The number of hydroxylamine groups is 1. The maximum atomic E-state index is 11.0. The highest BCUT2D eigenvalue weighted by Crippen LogP contribution is 2.04. The fraction of sp³-hybridized carbons (Fsp3) is 0.875. The first-order chi connectivity index (χ1) is 5.45. The van der Waals surface area contributed by atoms with Gasteiger partial charge >= 0.3 is 0 Å². The van der Waals surface area contributed by atoms with E-state index in [9.17, 15) is 4.79 Å². The summed E-state index contributed by atoms with van der Waals surface area (Å²) >= 11 is 3.25. The van der Waals surface area contributed by atoms with E-state index >= 15 is 0 Å². The Bertz CT molecular complexity index is 142. The Labute approximate surface area is 81.9 Å².